The summed E-state index contributed by atoms with van der Waals surface area (Å²) in [6.45, 7) is 5.96. The Kier molecular flexibility index (Phi) is 4.94. The first-order chi connectivity index (χ1) is 10.5. The lowest BCUT2D eigenvalue weighted by Gasteiger charge is -2.01. The molecule has 22 heavy (non-hydrogen) atoms. The predicted octanol–water partition coefficient (Wildman–Crippen LogP) is 4.49. The lowest BCUT2D eigenvalue weighted by atomic mass is 10.1. The molecule has 0 unspecified atom stereocenters. The molecule has 0 aliphatic carbocycles. The molecule has 0 atom stereocenters. The van der Waals surface area contributed by atoms with Crippen molar-refractivity contribution in [2.75, 3.05) is 5.32 Å². The van der Waals surface area contributed by atoms with E-state index in [1.54, 1.807) is 6.07 Å². The van der Waals surface area contributed by atoms with Gasteiger partial charge in [-0.3, -0.25) is 4.79 Å². The molecule has 0 aliphatic rings. The molecule has 4 heteroatoms. The number of hydrogen-bond donors (Lipinski definition) is 2. The summed E-state index contributed by atoms with van der Waals surface area (Å²) in [6.07, 6.45) is 0.689. The number of aromatic nitrogens is 1. The Hall–Kier alpha value is -2.62. The average Bonchev–Trinajstić information content (AvgIpc) is 2.78. The monoisotopic (exact) mass is 298 g/mol. The van der Waals surface area contributed by atoms with Gasteiger partial charge in [0.1, 0.15) is 5.82 Å². The van der Waals surface area contributed by atoms with Crippen LogP contribution in [0.15, 0.2) is 42.5 Å². The van der Waals surface area contributed by atoms with Crippen LogP contribution in [-0.2, 0) is 4.79 Å². The Balaban J connectivity index is 0.000000160. The molecule has 0 spiro atoms. The first-order valence-corrected chi connectivity index (χ1v) is 7.01. The van der Waals surface area contributed by atoms with E-state index in [0.29, 0.717) is 6.41 Å². The standard InChI is InChI=1S/C9H8FN.C9H11NO/c1-6-4-7-5-8(10)2-3-9(7)11-6;1-7-3-8(2)5-9(4-7)10-6-11/h2-5,11H,1H3;3-6H,1-2H3,(H,10,11). The second kappa shape index (κ2) is 6.89. The van der Waals surface area contributed by atoms with Crippen molar-refractivity contribution in [2.45, 2.75) is 20.8 Å². The van der Waals surface area contributed by atoms with E-state index >= 15 is 0 Å². The van der Waals surface area contributed by atoms with Crippen LogP contribution in [0.2, 0.25) is 0 Å². The van der Waals surface area contributed by atoms with Crippen LogP contribution in [0.25, 0.3) is 10.9 Å². The third-order valence-corrected chi connectivity index (χ3v) is 3.16. The van der Waals surface area contributed by atoms with E-state index < -0.39 is 0 Å². The summed E-state index contributed by atoms with van der Waals surface area (Å²) in [7, 11) is 0. The maximum atomic E-state index is 12.6. The van der Waals surface area contributed by atoms with E-state index in [1.165, 1.54) is 12.1 Å². The molecule has 3 nitrogen and oxygen atoms in total. The van der Waals surface area contributed by atoms with Gasteiger partial charge in [-0.25, -0.2) is 4.39 Å². The van der Waals surface area contributed by atoms with Gasteiger partial charge in [-0.2, -0.15) is 0 Å². The fourth-order valence-corrected chi connectivity index (χ4v) is 2.37. The summed E-state index contributed by atoms with van der Waals surface area (Å²) in [6, 6.07) is 12.6. The molecule has 114 valence electrons. The van der Waals surface area contributed by atoms with Crippen LogP contribution >= 0.6 is 0 Å². The van der Waals surface area contributed by atoms with Gasteiger partial charge in [-0.15, -0.1) is 0 Å². The van der Waals surface area contributed by atoms with E-state index in [4.69, 9.17) is 0 Å². The van der Waals surface area contributed by atoms with Crippen LogP contribution in [0.3, 0.4) is 0 Å². The van der Waals surface area contributed by atoms with Gasteiger partial charge in [0.2, 0.25) is 6.41 Å². The molecular formula is C18H19FN2O. The highest BCUT2D eigenvalue weighted by atomic mass is 19.1. The predicted molar refractivity (Wildman–Crippen MR) is 88.6 cm³/mol. The van der Waals surface area contributed by atoms with Crippen LogP contribution in [0.1, 0.15) is 16.8 Å². The number of rotatable bonds is 2. The number of amides is 1. The van der Waals surface area contributed by atoms with Crippen molar-refractivity contribution in [1.82, 2.24) is 4.98 Å². The number of H-pyrrole nitrogens is 1. The van der Waals surface area contributed by atoms with Gasteiger partial charge in [0, 0.05) is 22.3 Å². The lowest BCUT2D eigenvalue weighted by Crippen LogP contribution is -1.94. The Labute approximate surface area is 129 Å². The highest BCUT2D eigenvalue weighted by molar-refractivity contribution is 5.80. The summed E-state index contributed by atoms with van der Waals surface area (Å²) >= 11 is 0. The Morgan fingerprint density at radius 1 is 1.00 bits per heavy atom. The molecule has 1 heterocycles. The third kappa shape index (κ3) is 4.19. The fourth-order valence-electron chi connectivity index (χ4n) is 2.37. The zero-order chi connectivity index (χ0) is 16.1. The molecule has 1 amide bonds. The van der Waals surface area contributed by atoms with Gasteiger partial charge in [-0.05, 0) is 68.3 Å². The minimum atomic E-state index is -0.184. The van der Waals surface area contributed by atoms with Crippen molar-refractivity contribution in [2.24, 2.45) is 0 Å². The molecule has 0 aliphatic heterocycles. The number of hydrogen-bond acceptors (Lipinski definition) is 1. The summed E-state index contributed by atoms with van der Waals surface area (Å²) in [4.78, 5) is 13.2. The molecule has 1 aromatic heterocycles. The molecule has 0 radical (unpaired) electrons. The van der Waals surface area contributed by atoms with Crippen LogP contribution in [0.4, 0.5) is 10.1 Å². The number of carbonyl (C=O) groups excluding carboxylic acids is 1. The van der Waals surface area contributed by atoms with E-state index in [9.17, 15) is 9.18 Å². The number of nitrogens with one attached hydrogen (secondary N) is 2. The van der Waals surface area contributed by atoms with E-state index in [2.05, 4.69) is 16.4 Å². The Bertz CT molecular complexity index is 773. The van der Waals surface area contributed by atoms with E-state index in [-0.39, 0.29) is 5.82 Å². The zero-order valence-corrected chi connectivity index (χ0v) is 12.9. The topological polar surface area (TPSA) is 44.9 Å². The second-order valence-electron chi connectivity index (χ2n) is 5.32. The first-order valence-electron chi connectivity index (χ1n) is 7.01. The Morgan fingerprint density at radius 2 is 1.68 bits per heavy atom. The highest BCUT2D eigenvalue weighted by Gasteiger charge is 1.97. The third-order valence-electron chi connectivity index (χ3n) is 3.16. The summed E-state index contributed by atoms with van der Waals surface area (Å²) in [5.74, 6) is -0.184. The number of anilines is 1. The first kappa shape index (κ1) is 15.8. The molecule has 0 saturated heterocycles. The number of fused-ring (bicyclic) bond motifs is 1. The van der Waals surface area contributed by atoms with Crippen LogP contribution in [-0.4, -0.2) is 11.4 Å². The van der Waals surface area contributed by atoms with Crippen molar-refractivity contribution in [1.29, 1.82) is 0 Å². The molecule has 0 saturated carbocycles. The Morgan fingerprint density at radius 3 is 2.32 bits per heavy atom. The van der Waals surface area contributed by atoms with Gasteiger partial charge < -0.3 is 10.3 Å². The van der Waals surface area contributed by atoms with Crippen molar-refractivity contribution < 1.29 is 9.18 Å². The number of benzene rings is 2. The average molecular weight is 298 g/mol. The zero-order valence-electron chi connectivity index (χ0n) is 12.9. The molecule has 0 bridgehead atoms. The van der Waals surface area contributed by atoms with Crippen LogP contribution in [0, 0.1) is 26.6 Å². The van der Waals surface area contributed by atoms with Crippen LogP contribution in [0.5, 0.6) is 0 Å². The van der Waals surface area contributed by atoms with Crippen LogP contribution < -0.4 is 5.32 Å². The number of aryl methyl sites for hydroxylation is 3. The van der Waals surface area contributed by atoms with Crippen molar-refractivity contribution in [3.63, 3.8) is 0 Å². The SMILES string of the molecule is Cc1cc(C)cc(NC=O)c1.Cc1cc2cc(F)ccc2[nH]1. The summed E-state index contributed by atoms with van der Waals surface area (Å²) in [5.41, 5.74) is 5.23. The number of carbonyl (C=O) groups is 1. The van der Waals surface area contributed by atoms with Gasteiger partial charge in [0.15, 0.2) is 0 Å². The van der Waals surface area contributed by atoms with Gasteiger partial charge in [0.05, 0.1) is 0 Å². The number of halogens is 1. The maximum absolute atomic E-state index is 12.6. The largest absolute Gasteiger partial charge is 0.359 e. The van der Waals surface area contributed by atoms with Gasteiger partial charge in [0.25, 0.3) is 0 Å². The minimum Gasteiger partial charge on any atom is -0.359 e. The molecule has 0 fully saturated rings. The molecule has 3 rings (SSSR count). The second-order valence-corrected chi connectivity index (χ2v) is 5.32. The highest BCUT2D eigenvalue weighted by Crippen LogP contribution is 2.15. The van der Waals surface area contributed by atoms with E-state index in [1.807, 2.05) is 39.0 Å². The number of aromatic amines is 1. The van der Waals surface area contributed by atoms with Crippen molar-refractivity contribution >= 4 is 23.0 Å². The quantitative estimate of drug-likeness (QED) is 0.673. The minimum absolute atomic E-state index is 0.184. The van der Waals surface area contributed by atoms with Crippen molar-refractivity contribution in [3.8, 4) is 0 Å². The van der Waals surface area contributed by atoms with Gasteiger partial charge >= 0.3 is 0 Å². The molecule has 3 aromatic rings. The molecule has 2 N–H and O–H groups in total. The summed E-state index contributed by atoms with van der Waals surface area (Å²) in [5, 5.41) is 3.54. The van der Waals surface area contributed by atoms with Crippen molar-refractivity contribution in [3.05, 3.63) is 65.1 Å². The van der Waals surface area contributed by atoms with Gasteiger partial charge in [-0.1, -0.05) is 6.07 Å². The van der Waals surface area contributed by atoms with E-state index in [0.717, 1.165) is 33.4 Å². The molecular weight excluding hydrogens is 279 g/mol. The fraction of sp³-hybridized carbons (Fsp3) is 0.167. The summed E-state index contributed by atoms with van der Waals surface area (Å²) < 4.78 is 12.6. The normalized spacial score (nSPS) is 10.0. The smallest absolute Gasteiger partial charge is 0.211 e. The molecule has 2 aromatic carbocycles. The maximum Gasteiger partial charge on any atom is 0.211 e. The lowest BCUT2D eigenvalue weighted by molar-refractivity contribution is -0.105.